The maximum atomic E-state index is 13.3. The first-order valence-electron chi connectivity index (χ1n) is 7.09. The van der Waals surface area contributed by atoms with Crippen LogP contribution in [-0.4, -0.2) is 36.5 Å². The van der Waals surface area contributed by atoms with E-state index in [0.717, 1.165) is 19.4 Å². The molecule has 1 aliphatic rings. The Labute approximate surface area is 118 Å². The molecule has 1 atom stereocenters. The molecule has 1 fully saturated rings. The lowest BCUT2D eigenvalue weighted by molar-refractivity contribution is -0.132. The van der Waals surface area contributed by atoms with Crippen molar-refractivity contribution in [2.24, 2.45) is 5.73 Å². The molecule has 110 valence electrons. The molecule has 0 bridgehead atoms. The van der Waals surface area contributed by atoms with E-state index in [1.807, 2.05) is 4.90 Å². The van der Waals surface area contributed by atoms with Crippen LogP contribution in [0.1, 0.15) is 25.7 Å². The van der Waals surface area contributed by atoms with Crippen LogP contribution in [0.25, 0.3) is 0 Å². The van der Waals surface area contributed by atoms with Crippen LogP contribution in [0.2, 0.25) is 0 Å². The highest BCUT2D eigenvalue weighted by molar-refractivity contribution is 5.76. The Kier molecular flexibility index (Phi) is 5.35. The lowest BCUT2D eigenvalue weighted by Crippen LogP contribution is -2.39. The van der Waals surface area contributed by atoms with Gasteiger partial charge in [0.1, 0.15) is 0 Å². The Morgan fingerprint density at radius 2 is 2.25 bits per heavy atom. The van der Waals surface area contributed by atoms with Crippen molar-refractivity contribution >= 4 is 5.91 Å². The molecule has 0 unspecified atom stereocenters. The van der Waals surface area contributed by atoms with Crippen LogP contribution in [0, 0.1) is 5.82 Å². The average molecular weight is 280 g/mol. The Balaban J connectivity index is 1.71. The minimum Gasteiger partial charge on any atom is -0.491 e. The summed E-state index contributed by atoms with van der Waals surface area (Å²) >= 11 is 0. The van der Waals surface area contributed by atoms with Gasteiger partial charge in [0.05, 0.1) is 6.61 Å². The van der Waals surface area contributed by atoms with Crippen molar-refractivity contribution in [2.45, 2.75) is 31.7 Å². The molecule has 2 rings (SSSR count). The van der Waals surface area contributed by atoms with E-state index in [0.29, 0.717) is 26.0 Å². The zero-order chi connectivity index (χ0) is 14.4. The Morgan fingerprint density at radius 1 is 1.45 bits per heavy atom. The number of benzene rings is 1. The molecule has 20 heavy (non-hydrogen) atoms. The van der Waals surface area contributed by atoms with Crippen molar-refractivity contribution in [1.29, 1.82) is 0 Å². The number of nitrogens with zero attached hydrogens (tertiary/aromatic N) is 1. The third kappa shape index (κ3) is 3.70. The summed E-state index contributed by atoms with van der Waals surface area (Å²) in [5.41, 5.74) is 5.65. The highest BCUT2D eigenvalue weighted by Crippen LogP contribution is 2.18. The SMILES string of the molecule is NC[C@H]1CCCN1C(=O)CCCOc1ccccc1F. The standard InChI is InChI=1S/C15H21FN2O2/c16-13-6-1-2-7-14(13)20-10-4-8-15(19)18-9-3-5-12(18)11-17/h1-2,6-7,12H,3-5,8-11,17H2/t12-/m1/s1. The lowest BCUT2D eigenvalue weighted by atomic mass is 10.2. The molecule has 1 heterocycles. The van der Waals surface area contributed by atoms with Gasteiger partial charge in [-0.15, -0.1) is 0 Å². The molecule has 0 aliphatic carbocycles. The number of amides is 1. The van der Waals surface area contributed by atoms with Gasteiger partial charge in [0.15, 0.2) is 11.6 Å². The maximum Gasteiger partial charge on any atom is 0.222 e. The van der Waals surface area contributed by atoms with Gasteiger partial charge in [-0.1, -0.05) is 12.1 Å². The molecule has 0 saturated carbocycles. The smallest absolute Gasteiger partial charge is 0.222 e. The van der Waals surface area contributed by atoms with Crippen molar-refractivity contribution in [3.05, 3.63) is 30.1 Å². The van der Waals surface area contributed by atoms with Crippen LogP contribution in [0.4, 0.5) is 4.39 Å². The summed E-state index contributed by atoms with van der Waals surface area (Å²) in [7, 11) is 0. The lowest BCUT2D eigenvalue weighted by Gasteiger charge is -2.23. The Bertz CT molecular complexity index is 453. The number of para-hydroxylation sites is 1. The van der Waals surface area contributed by atoms with Gasteiger partial charge in [-0.2, -0.15) is 0 Å². The molecule has 2 N–H and O–H groups in total. The van der Waals surface area contributed by atoms with Crippen LogP contribution in [0.15, 0.2) is 24.3 Å². The summed E-state index contributed by atoms with van der Waals surface area (Å²) in [5, 5.41) is 0. The van der Waals surface area contributed by atoms with E-state index in [4.69, 9.17) is 10.5 Å². The second-order valence-corrected chi connectivity index (χ2v) is 5.00. The normalized spacial score (nSPS) is 18.3. The number of rotatable bonds is 6. The molecule has 5 heteroatoms. The van der Waals surface area contributed by atoms with Crippen molar-refractivity contribution in [2.75, 3.05) is 19.7 Å². The van der Waals surface area contributed by atoms with E-state index in [-0.39, 0.29) is 23.5 Å². The van der Waals surface area contributed by atoms with E-state index < -0.39 is 0 Å². The van der Waals surface area contributed by atoms with Gasteiger partial charge >= 0.3 is 0 Å². The first-order valence-corrected chi connectivity index (χ1v) is 7.09. The molecule has 1 saturated heterocycles. The van der Waals surface area contributed by atoms with Crippen LogP contribution >= 0.6 is 0 Å². The summed E-state index contributed by atoms with van der Waals surface area (Å²) in [6.07, 6.45) is 3.03. The van der Waals surface area contributed by atoms with Crippen LogP contribution in [-0.2, 0) is 4.79 Å². The molecule has 1 aromatic carbocycles. The molecule has 1 amide bonds. The zero-order valence-electron chi connectivity index (χ0n) is 11.6. The molecular weight excluding hydrogens is 259 g/mol. The molecule has 0 aromatic heterocycles. The number of likely N-dealkylation sites (tertiary alicyclic amines) is 1. The third-order valence-corrected chi connectivity index (χ3v) is 3.60. The number of hydrogen-bond acceptors (Lipinski definition) is 3. The Morgan fingerprint density at radius 3 is 3.00 bits per heavy atom. The van der Waals surface area contributed by atoms with Crippen LogP contribution in [0.3, 0.4) is 0 Å². The van der Waals surface area contributed by atoms with Crippen LogP contribution < -0.4 is 10.5 Å². The van der Waals surface area contributed by atoms with Gasteiger partial charge < -0.3 is 15.4 Å². The molecule has 1 aliphatic heterocycles. The van der Waals surface area contributed by atoms with E-state index in [1.54, 1.807) is 18.2 Å². The fraction of sp³-hybridized carbons (Fsp3) is 0.533. The third-order valence-electron chi connectivity index (χ3n) is 3.60. The van der Waals surface area contributed by atoms with Gasteiger partial charge in [0.25, 0.3) is 0 Å². The fourth-order valence-electron chi connectivity index (χ4n) is 2.52. The predicted molar refractivity (Wildman–Crippen MR) is 74.9 cm³/mol. The predicted octanol–water partition coefficient (Wildman–Crippen LogP) is 1.93. The quantitative estimate of drug-likeness (QED) is 0.810. The van der Waals surface area contributed by atoms with Gasteiger partial charge in [-0.25, -0.2) is 4.39 Å². The number of halogens is 1. The highest BCUT2D eigenvalue weighted by atomic mass is 19.1. The van der Waals surface area contributed by atoms with E-state index in [2.05, 4.69) is 0 Å². The largest absolute Gasteiger partial charge is 0.491 e. The summed E-state index contributed by atoms with van der Waals surface area (Å²) in [5.74, 6) is -0.0161. The van der Waals surface area contributed by atoms with Gasteiger partial charge in [-0.3, -0.25) is 4.79 Å². The summed E-state index contributed by atoms with van der Waals surface area (Å²) in [4.78, 5) is 13.9. The number of carbonyl (C=O) groups is 1. The molecule has 0 spiro atoms. The van der Waals surface area contributed by atoms with Gasteiger partial charge in [0, 0.05) is 25.6 Å². The molecule has 0 radical (unpaired) electrons. The van der Waals surface area contributed by atoms with Gasteiger partial charge in [0.2, 0.25) is 5.91 Å². The average Bonchev–Trinajstić information content (AvgIpc) is 2.93. The monoisotopic (exact) mass is 280 g/mol. The number of hydrogen-bond donors (Lipinski definition) is 1. The van der Waals surface area contributed by atoms with Crippen molar-refractivity contribution < 1.29 is 13.9 Å². The fourth-order valence-corrected chi connectivity index (χ4v) is 2.52. The van der Waals surface area contributed by atoms with Crippen molar-refractivity contribution in [3.63, 3.8) is 0 Å². The molecule has 1 aromatic rings. The van der Waals surface area contributed by atoms with Crippen molar-refractivity contribution in [1.82, 2.24) is 4.90 Å². The minimum atomic E-state index is -0.374. The maximum absolute atomic E-state index is 13.3. The topological polar surface area (TPSA) is 55.6 Å². The molecule has 4 nitrogen and oxygen atoms in total. The summed E-state index contributed by atoms with van der Waals surface area (Å²) in [6.45, 7) is 1.67. The summed E-state index contributed by atoms with van der Waals surface area (Å²) < 4.78 is 18.6. The number of carbonyl (C=O) groups excluding carboxylic acids is 1. The van der Waals surface area contributed by atoms with Crippen molar-refractivity contribution in [3.8, 4) is 5.75 Å². The number of nitrogens with two attached hydrogens (primary N) is 1. The second-order valence-electron chi connectivity index (χ2n) is 5.00. The van der Waals surface area contributed by atoms with E-state index in [9.17, 15) is 9.18 Å². The summed E-state index contributed by atoms with van der Waals surface area (Å²) in [6, 6.07) is 6.47. The van der Waals surface area contributed by atoms with Gasteiger partial charge in [-0.05, 0) is 31.4 Å². The number of ether oxygens (including phenoxy) is 1. The zero-order valence-corrected chi connectivity index (χ0v) is 11.6. The van der Waals surface area contributed by atoms with E-state index >= 15 is 0 Å². The first-order chi connectivity index (χ1) is 9.72. The Hall–Kier alpha value is -1.62. The van der Waals surface area contributed by atoms with E-state index in [1.165, 1.54) is 6.07 Å². The second kappa shape index (κ2) is 7.24. The van der Waals surface area contributed by atoms with Crippen LogP contribution in [0.5, 0.6) is 5.75 Å². The first kappa shape index (κ1) is 14.8. The highest BCUT2D eigenvalue weighted by Gasteiger charge is 2.26. The molecular formula is C15H21FN2O2. The minimum absolute atomic E-state index is 0.120.